The predicted octanol–water partition coefficient (Wildman–Crippen LogP) is 2.80. The Hall–Kier alpha value is -1.69. The van der Waals surface area contributed by atoms with Crippen molar-refractivity contribution in [3.8, 4) is 0 Å². The van der Waals surface area contributed by atoms with Crippen LogP contribution in [0.15, 0.2) is 18.2 Å². The van der Waals surface area contributed by atoms with Gasteiger partial charge in [-0.25, -0.2) is 13.6 Å². The normalized spacial score (nSPS) is 22.3. The van der Waals surface area contributed by atoms with Crippen molar-refractivity contribution in [2.24, 2.45) is 0 Å². The van der Waals surface area contributed by atoms with Crippen LogP contribution in [-0.4, -0.2) is 40.8 Å². The van der Waals surface area contributed by atoms with Crippen molar-refractivity contribution < 1.29 is 18.7 Å². The van der Waals surface area contributed by atoms with E-state index in [1.165, 1.54) is 17.0 Å². The Balaban J connectivity index is 2.37. The Kier molecular flexibility index (Phi) is 4.18. The molecule has 0 unspecified atom stereocenters. The summed E-state index contributed by atoms with van der Waals surface area (Å²) in [7, 11) is 0. The number of nitrogens with zero attached hydrogens (tertiary/aromatic N) is 1. The minimum Gasteiger partial charge on any atom is -0.465 e. The van der Waals surface area contributed by atoms with Gasteiger partial charge in [-0.05, 0) is 38.5 Å². The summed E-state index contributed by atoms with van der Waals surface area (Å²) in [6.07, 6.45) is -1.03. The Morgan fingerprint density at radius 1 is 1.24 bits per heavy atom. The molecule has 21 heavy (non-hydrogen) atoms. The van der Waals surface area contributed by atoms with Crippen LogP contribution >= 0.6 is 0 Å². The van der Waals surface area contributed by atoms with E-state index >= 15 is 0 Å². The number of carboxylic acid groups (broad SMARTS) is 1. The van der Waals surface area contributed by atoms with Crippen molar-refractivity contribution in [3.05, 3.63) is 35.4 Å². The number of amides is 1. The van der Waals surface area contributed by atoms with Crippen molar-refractivity contribution in [2.75, 3.05) is 13.1 Å². The maximum atomic E-state index is 13.4. The van der Waals surface area contributed by atoms with Crippen LogP contribution in [0.25, 0.3) is 0 Å². The van der Waals surface area contributed by atoms with Crippen molar-refractivity contribution >= 4 is 6.09 Å². The summed E-state index contributed by atoms with van der Waals surface area (Å²) in [6.45, 7) is 6.38. The highest BCUT2D eigenvalue weighted by atomic mass is 19.1. The topological polar surface area (TPSA) is 52.6 Å². The summed E-state index contributed by atoms with van der Waals surface area (Å²) < 4.78 is 26.8. The lowest BCUT2D eigenvalue weighted by Crippen LogP contribution is -2.53. The van der Waals surface area contributed by atoms with E-state index in [0.29, 0.717) is 18.7 Å². The van der Waals surface area contributed by atoms with E-state index < -0.39 is 23.3 Å². The first-order valence-corrected chi connectivity index (χ1v) is 6.89. The molecule has 1 saturated heterocycles. The molecule has 0 aromatic heterocycles. The average Bonchev–Trinajstić information content (AvgIpc) is 2.73. The van der Waals surface area contributed by atoms with Gasteiger partial charge in [-0.1, -0.05) is 0 Å². The number of hydrogen-bond donors (Lipinski definition) is 2. The maximum Gasteiger partial charge on any atom is 0.408 e. The number of halogens is 2. The highest BCUT2D eigenvalue weighted by Crippen LogP contribution is 2.31. The Morgan fingerprint density at radius 2 is 1.81 bits per heavy atom. The molecular weight excluding hydrogens is 278 g/mol. The van der Waals surface area contributed by atoms with Crippen LogP contribution in [0.3, 0.4) is 0 Å². The molecule has 0 aliphatic carbocycles. The van der Waals surface area contributed by atoms with Gasteiger partial charge in [-0.3, -0.25) is 4.90 Å². The smallest absolute Gasteiger partial charge is 0.408 e. The van der Waals surface area contributed by atoms with Gasteiger partial charge < -0.3 is 10.4 Å². The molecule has 1 amide bonds. The molecule has 1 aromatic rings. The quantitative estimate of drug-likeness (QED) is 0.883. The average molecular weight is 298 g/mol. The predicted molar refractivity (Wildman–Crippen MR) is 75.4 cm³/mol. The number of benzene rings is 1. The Labute approximate surface area is 122 Å². The number of nitrogens with one attached hydrogen (secondary N) is 1. The molecule has 2 rings (SSSR count). The molecular formula is C15H20F2N2O2. The monoisotopic (exact) mass is 298 g/mol. The molecule has 1 aliphatic rings. The lowest BCUT2D eigenvalue weighted by molar-refractivity contribution is 0.0708. The van der Waals surface area contributed by atoms with Gasteiger partial charge in [0.25, 0.3) is 0 Å². The highest BCUT2D eigenvalue weighted by molar-refractivity contribution is 5.67. The van der Waals surface area contributed by atoms with Crippen molar-refractivity contribution in [1.29, 1.82) is 0 Å². The van der Waals surface area contributed by atoms with Crippen molar-refractivity contribution in [3.63, 3.8) is 0 Å². The molecule has 0 spiro atoms. The van der Waals surface area contributed by atoms with Crippen LogP contribution in [0, 0.1) is 11.6 Å². The highest BCUT2D eigenvalue weighted by Gasteiger charge is 2.41. The van der Waals surface area contributed by atoms with E-state index in [9.17, 15) is 18.7 Å². The zero-order chi connectivity index (χ0) is 15.8. The second-order valence-corrected chi connectivity index (χ2v) is 6.36. The molecule has 1 aliphatic heterocycles. The summed E-state index contributed by atoms with van der Waals surface area (Å²) in [6, 6.07) is 3.01. The van der Waals surface area contributed by atoms with E-state index in [0.717, 1.165) is 6.07 Å². The SMILES string of the molecule is CC(C)(C)N(C(=O)O)[C@@H]1CNC[C@H]1c1cc(F)cc(F)c1. The minimum absolute atomic E-state index is 0.273. The first-order valence-electron chi connectivity index (χ1n) is 6.89. The number of carbonyl (C=O) groups is 1. The van der Waals surface area contributed by atoms with Crippen molar-refractivity contribution in [1.82, 2.24) is 10.2 Å². The van der Waals surface area contributed by atoms with Crippen LogP contribution in [0.1, 0.15) is 32.3 Å². The van der Waals surface area contributed by atoms with Gasteiger partial charge in [0.15, 0.2) is 0 Å². The third-order valence-corrected chi connectivity index (χ3v) is 3.76. The number of hydrogen-bond acceptors (Lipinski definition) is 2. The van der Waals surface area contributed by atoms with Gasteiger partial charge in [-0.15, -0.1) is 0 Å². The van der Waals surface area contributed by atoms with E-state index in [1.807, 2.05) is 20.8 Å². The van der Waals surface area contributed by atoms with Gasteiger partial charge in [0, 0.05) is 30.6 Å². The molecule has 116 valence electrons. The zero-order valence-electron chi connectivity index (χ0n) is 12.4. The third kappa shape index (κ3) is 3.32. The van der Waals surface area contributed by atoms with Crippen LogP contribution in [0.5, 0.6) is 0 Å². The molecule has 6 heteroatoms. The second-order valence-electron chi connectivity index (χ2n) is 6.36. The van der Waals surface area contributed by atoms with Crippen LogP contribution < -0.4 is 5.32 Å². The molecule has 0 saturated carbocycles. The van der Waals surface area contributed by atoms with Gasteiger partial charge in [0.1, 0.15) is 11.6 Å². The molecule has 1 aromatic carbocycles. The van der Waals surface area contributed by atoms with Gasteiger partial charge in [0.2, 0.25) is 0 Å². The molecule has 2 atom stereocenters. The Bertz CT molecular complexity index is 523. The molecule has 2 N–H and O–H groups in total. The molecule has 0 bridgehead atoms. The largest absolute Gasteiger partial charge is 0.465 e. The maximum absolute atomic E-state index is 13.4. The summed E-state index contributed by atoms with van der Waals surface area (Å²) in [4.78, 5) is 13.0. The van der Waals surface area contributed by atoms with Gasteiger partial charge >= 0.3 is 6.09 Å². The van der Waals surface area contributed by atoms with Crippen molar-refractivity contribution in [2.45, 2.75) is 38.3 Å². The first-order chi connectivity index (χ1) is 9.70. The molecule has 1 fully saturated rings. The lowest BCUT2D eigenvalue weighted by atomic mass is 9.90. The fraction of sp³-hybridized carbons (Fsp3) is 0.533. The standard InChI is InChI=1S/C15H20F2N2O2/c1-15(2,3)19(14(20)21)13-8-18-7-12(13)9-4-10(16)6-11(17)5-9/h4-6,12-13,18H,7-8H2,1-3H3,(H,20,21)/t12-,13+/m0/s1. The first kappa shape index (κ1) is 15.7. The molecule has 4 nitrogen and oxygen atoms in total. The summed E-state index contributed by atoms with van der Waals surface area (Å²) >= 11 is 0. The van der Waals surface area contributed by atoms with E-state index in [1.54, 1.807) is 0 Å². The summed E-state index contributed by atoms with van der Waals surface area (Å²) in [5.41, 5.74) is -0.106. The fourth-order valence-electron chi connectivity index (χ4n) is 2.99. The third-order valence-electron chi connectivity index (χ3n) is 3.76. The van der Waals surface area contributed by atoms with E-state index in [-0.39, 0.29) is 12.0 Å². The van der Waals surface area contributed by atoms with Crippen LogP contribution in [0.2, 0.25) is 0 Å². The van der Waals surface area contributed by atoms with Crippen LogP contribution in [-0.2, 0) is 0 Å². The summed E-state index contributed by atoms with van der Waals surface area (Å²) in [5, 5.41) is 12.6. The Morgan fingerprint density at radius 3 is 2.29 bits per heavy atom. The second kappa shape index (κ2) is 5.60. The lowest BCUT2D eigenvalue weighted by Gasteiger charge is -2.40. The fourth-order valence-corrected chi connectivity index (χ4v) is 2.99. The zero-order valence-corrected chi connectivity index (χ0v) is 12.4. The minimum atomic E-state index is -1.03. The van der Waals surface area contributed by atoms with Gasteiger partial charge in [-0.2, -0.15) is 0 Å². The molecule has 0 radical (unpaired) electrons. The summed E-state index contributed by atoms with van der Waals surface area (Å²) in [5.74, 6) is -1.56. The van der Waals surface area contributed by atoms with E-state index in [4.69, 9.17) is 0 Å². The van der Waals surface area contributed by atoms with Gasteiger partial charge in [0.05, 0.1) is 6.04 Å². The number of rotatable bonds is 2. The van der Waals surface area contributed by atoms with Crippen LogP contribution in [0.4, 0.5) is 13.6 Å². The van der Waals surface area contributed by atoms with E-state index in [2.05, 4.69) is 5.32 Å². The molecule has 1 heterocycles.